The molecule has 1 aromatic rings. The van der Waals surface area contributed by atoms with Crippen LogP contribution in [-0.2, 0) is 0 Å². The summed E-state index contributed by atoms with van der Waals surface area (Å²) in [5.41, 5.74) is 0. The Labute approximate surface area is 92.6 Å². The van der Waals surface area contributed by atoms with E-state index in [0.717, 1.165) is 0 Å². The molecule has 0 aliphatic heterocycles. The summed E-state index contributed by atoms with van der Waals surface area (Å²) in [6.07, 6.45) is 0. The normalized spacial score (nSPS) is 10.2. The van der Waals surface area contributed by atoms with Crippen molar-refractivity contribution < 1.29 is 9.21 Å². The monoisotopic (exact) mass is 235 g/mol. The van der Waals surface area contributed by atoms with E-state index in [9.17, 15) is 4.79 Å². The van der Waals surface area contributed by atoms with Crippen molar-refractivity contribution >= 4 is 29.1 Å². The summed E-state index contributed by atoms with van der Waals surface area (Å²) in [6.45, 7) is 2.99. The topological polar surface area (TPSA) is 33.5 Å². The molecular weight excluding hydrogens is 225 g/mol. The molecule has 14 heavy (non-hydrogen) atoms. The van der Waals surface area contributed by atoms with Gasteiger partial charge in [-0.05, 0) is 30.7 Å². The molecule has 0 saturated heterocycles. The molecule has 78 valence electrons. The van der Waals surface area contributed by atoms with Crippen molar-refractivity contribution in [2.45, 2.75) is 6.92 Å². The van der Waals surface area contributed by atoms with Crippen LogP contribution in [0.15, 0.2) is 16.5 Å². The highest BCUT2D eigenvalue weighted by atomic mass is 35.5. The average molecular weight is 236 g/mol. The van der Waals surface area contributed by atoms with E-state index in [1.54, 1.807) is 17.0 Å². The van der Waals surface area contributed by atoms with Crippen LogP contribution in [0.4, 0.5) is 0 Å². The summed E-state index contributed by atoms with van der Waals surface area (Å²) in [4.78, 5) is 13.3. The fourth-order valence-corrected chi connectivity index (χ4v) is 1.44. The molecule has 1 amide bonds. The number of carbonyl (C=O) groups excluding carboxylic acids is 1. The van der Waals surface area contributed by atoms with Crippen LogP contribution in [0, 0.1) is 0 Å². The molecule has 0 aromatic carbocycles. The van der Waals surface area contributed by atoms with E-state index in [1.165, 1.54) is 0 Å². The summed E-state index contributed by atoms with van der Waals surface area (Å²) in [5.74, 6) is 0.482. The second-order valence-corrected chi connectivity index (χ2v) is 3.43. The van der Waals surface area contributed by atoms with Crippen LogP contribution in [0.5, 0.6) is 0 Å². The van der Waals surface area contributed by atoms with Gasteiger partial charge in [-0.3, -0.25) is 4.79 Å². The smallest absolute Gasteiger partial charge is 0.289 e. The van der Waals surface area contributed by atoms with E-state index < -0.39 is 0 Å². The van der Waals surface area contributed by atoms with Crippen molar-refractivity contribution in [1.82, 2.24) is 4.90 Å². The first kappa shape index (κ1) is 11.4. The fraction of sp³-hybridized carbons (Fsp3) is 0.444. The Hall–Kier alpha value is -0.670. The highest BCUT2D eigenvalue weighted by Gasteiger charge is 2.16. The summed E-state index contributed by atoms with van der Waals surface area (Å²) in [7, 11) is 0. The van der Waals surface area contributed by atoms with Crippen LogP contribution in [0.3, 0.4) is 0 Å². The Kier molecular flexibility index (Phi) is 4.29. The van der Waals surface area contributed by atoms with Gasteiger partial charge >= 0.3 is 0 Å². The lowest BCUT2D eigenvalue weighted by molar-refractivity contribution is 0.0742. The van der Waals surface area contributed by atoms with Gasteiger partial charge in [0.25, 0.3) is 5.91 Å². The van der Waals surface area contributed by atoms with Gasteiger partial charge in [0, 0.05) is 19.0 Å². The highest BCUT2D eigenvalue weighted by Crippen LogP contribution is 2.14. The standard InChI is InChI=1S/C9H11Cl2NO2/c1-2-12(6-5-10)9(13)7-3-4-8(11)14-7/h3-4H,2,5-6H2,1H3. The Morgan fingerprint density at radius 1 is 1.57 bits per heavy atom. The number of hydrogen-bond acceptors (Lipinski definition) is 2. The number of hydrogen-bond donors (Lipinski definition) is 0. The fourth-order valence-electron chi connectivity index (χ4n) is 1.09. The molecule has 0 bridgehead atoms. The quantitative estimate of drug-likeness (QED) is 0.753. The van der Waals surface area contributed by atoms with Gasteiger partial charge in [-0.1, -0.05) is 0 Å². The number of furan rings is 1. The number of halogens is 2. The lowest BCUT2D eigenvalue weighted by Crippen LogP contribution is -2.32. The van der Waals surface area contributed by atoms with Gasteiger partial charge in [-0.25, -0.2) is 0 Å². The number of nitrogens with zero attached hydrogens (tertiary/aromatic N) is 1. The maximum Gasteiger partial charge on any atom is 0.289 e. The van der Waals surface area contributed by atoms with E-state index in [0.29, 0.717) is 19.0 Å². The molecule has 1 aromatic heterocycles. The summed E-state index contributed by atoms with van der Waals surface area (Å²) >= 11 is 11.1. The van der Waals surface area contributed by atoms with Crippen LogP contribution >= 0.6 is 23.2 Å². The summed E-state index contributed by atoms with van der Waals surface area (Å²) in [6, 6.07) is 3.10. The van der Waals surface area contributed by atoms with Crippen LogP contribution in [0.25, 0.3) is 0 Å². The third-order valence-corrected chi connectivity index (χ3v) is 2.18. The summed E-state index contributed by atoms with van der Waals surface area (Å²) in [5, 5.41) is 0.218. The minimum Gasteiger partial charge on any atom is -0.440 e. The second kappa shape index (κ2) is 5.27. The molecule has 0 atom stereocenters. The molecule has 1 rings (SSSR count). The zero-order valence-electron chi connectivity index (χ0n) is 7.80. The van der Waals surface area contributed by atoms with Crippen molar-refractivity contribution in [2.75, 3.05) is 19.0 Å². The molecule has 0 aliphatic rings. The molecule has 5 heteroatoms. The number of alkyl halides is 1. The predicted octanol–water partition coefficient (Wildman–Crippen LogP) is 2.63. The van der Waals surface area contributed by atoms with E-state index >= 15 is 0 Å². The lowest BCUT2D eigenvalue weighted by Gasteiger charge is -2.17. The van der Waals surface area contributed by atoms with Gasteiger partial charge in [0.2, 0.25) is 0 Å². The number of rotatable bonds is 4. The van der Waals surface area contributed by atoms with Crippen LogP contribution in [-0.4, -0.2) is 29.8 Å². The van der Waals surface area contributed by atoms with Crippen LogP contribution in [0.2, 0.25) is 5.22 Å². The maximum absolute atomic E-state index is 11.7. The molecule has 3 nitrogen and oxygen atoms in total. The van der Waals surface area contributed by atoms with Crippen molar-refractivity contribution in [2.24, 2.45) is 0 Å². The van der Waals surface area contributed by atoms with E-state index in [2.05, 4.69) is 0 Å². The van der Waals surface area contributed by atoms with Gasteiger partial charge in [0.05, 0.1) is 0 Å². The predicted molar refractivity (Wildman–Crippen MR) is 56.0 cm³/mol. The van der Waals surface area contributed by atoms with Gasteiger partial charge < -0.3 is 9.32 Å². The zero-order chi connectivity index (χ0) is 10.6. The van der Waals surface area contributed by atoms with Gasteiger partial charge in [-0.15, -0.1) is 11.6 Å². The first-order valence-electron chi connectivity index (χ1n) is 4.29. The largest absolute Gasteiger partial charge is 0.440 e. The van der Waals surface area contributed by atoms with Crippen LogP contribution < -0.4 is 0 Å². The van der Waals surface area contributed by atoms with Gasteiger partial charge in [0.1, 0.15) is 0 Å². The lowest BCUT2D eigenvalue weighted by atomic mass is 10.3. The Morgan fingerprint density at radius 2 is 2.29 bits per heavy atom. The third kappa shape index (κ3) is 2.66. The number of amides is 1. The maximum atomic E-state index is 11.7. The van der Waals surface area contributed by atoms with E-state index in [1.807, 2.05) is 6.92 Å². The molecule has 0 spiro atoms. The van der Waals surface area contributed by atoms with Gasteiger partial charge in [0.15, 0.2) is 11.0 Å². The minimum absolute atomic E-state index is 0.181. The Morgan fingerprint density at radius 3 is 2.71 bits per heavy atom. The Balaban J connectivity index is 2.72. The molecule has 0 N–H and O–H groups in total. The van der Waals surface area contributed by atoms with Gasteiger partial charge in [-0.2, -0.15) is 0 Å². The van der Waals surface area contributed by atoms with Crippen LogP contribution in [0.1, 0.15) is 17.5 Å². The van der Waals surface area contributed by atoms with Crippen molar-refractivity contribution in [3.05, 3.63) is 23.1 Å². The summed E-state index contributed by atoms with van der Waals surface area (Å²) < 4.78 is 5.01. The molecule has 0 radical (unpaired) electrons. The molecule has 0 saturated carbocycles. The zero-order valence-corrected chi connectivity index (χ0v) is 9.31. The third-order valence-electron chi connectivity index (χ3n) is 1.81. The van der Waals surface area contributed by atoms with Crippen molar-refractivity contribution in [3.8, 4) is 0 Å². The molecular formula is C9H11Cl2NO2. The highest BCUT2D eigenvalue weighted by molar-refractivity contribution is 6.29. The van der Waals surface area contributed by atoms with E-state index in [4.69, 9.17) is 27.6 Å². The second-order valence-electron chi connectivity index (χ2n) is 2.68. The van der Waals surface area contributed by atoms with Crippen molar-refractivity contribution in [3.63, 3.8) is 0 Å². The molecule has 0 unspecified atom stereocenters. The molecule has 0 fully saturated rings. The minimum atomic E-state index is -0.181. The first-order chi connectivity index (χ1) is 6.69. The SMILES string of the molecule is CCN(CCCl)C(=O)c1ccc(Cl)o1. The average Bonchev–Trinajstić information content (AvgIpc) is 2.60. The Bertz CT molecular complexity index is 312. The molecule has 1 heterocycles. The molecule has 0 aliphatic carbocycles. The number of carbonyl (C=O) groups is 1. The first-order valence-corrected chi connectivity index (χ1v) is 5.20. The van der Waals surface area contributed by atoms with Crippen molar-refractivity contribution in [1.29, 1.82) is 0 Å². The van der Waals surface area contributed by atoms with E-state index in [-0.39, 0.29) is 16.9 Å².